The summed E-state index contributed by atoms with van der Waals surface area (Å²) in [5.74, 6) is 0.854. The van der Waals surface area contributed by atoms with Crippen molar-refractivity contribution in [2.45, 2.75) is 13.1 Å². The minimum Gasteiger partial charge on any atom is -0.378 e. The highest BCUT2D eigenvalue weighted by Gasteiger charge is 2.11. The van der Waals surface area contributed by atoms with Gasteiger partial charge in [-0.15, -0.1) is 0 Å². The summed E-state index contributed by atoms with van der Waals surface area (Å²) in [6.45, 7) is 5.00. The van der Waals surface area contributed by atoms with E-state index in [1.165, 1.54) is 11.3 Å². The molecule has 1 fully saturated rings. The Hall–Kier alpha value is -2.24. The number of morpholine rings is 1. The highest BCUT2D eigenvalue weighted by molar-refractivity contribution is 6.30. The normalized spacial score (nSPS) is 14.9. The third-order valence-electron chi connectivity index (χ3n) is 4.65. The van der Waals surface area contributed by atoms with E-state index in [-0.39, 0.29) is 0 Å². The lowest BCUT2D eigenvalue weighted by Gasteiger charge is -2.29. The van der Waals surface area contributed by atoms with Gasteiger partial charge < -0.3 is 19.9 Å². The molecule has 1 saturated heterocycles. The van der Waals surface area contributed by atoms with Gasteiger partial charge in [-0.05, 0) is 35.4 Å². The summed E-state index contributed by atoms with van der Waals surface area (Å²) < 4.78 is 5.42. The van der Waals surface area contributed by atoms with E-state index >= 15 is 0 Å². The van der Waals surface area contributed by atoms with E-state index in [9.17, 15) is 0 Å². The van der Waals surface area contributed by atoms with E-state index in [4.69, 9.17) is 16.3 Å². The van der Waals surface area contributed by atoms with Crippen LogP contribution in [0.4, 0.5) is 5.69 Å². The Balaban J connectivity index is 1.54. The molecule has 1 N–H and O–H groups in total. The Morgan fingerprint density at radius 3 is 2.56 bits per heavy atom. The van der Waals surface area contributed by atoms with Crippen LogP contribution in [-0.4, -0.2) is 51.3 Å². The van der Waals surface area contributed by atoms with Crippen molar-refractivity contribution in [2.75, 3.05) is 45.3 Å². The van der Waals surface area contributed by atoms with Crippen molar-refractivity contribution >= 4 is 23.2 Å². The molecular formula is C21H27ClN4O. The summed E-state index contributed by atoms with van der Waals surface area (Å²) >= 11 is 6.08. The number of rotatable bonds is 5. The van der Waals surface area contributed by atoms with Crippen LogP contribution >= 0.6 is 11.6 Å². The number of aliphatic imine (C=N–C) groups is 1. The lowest BCUT2D eigenvalue weighted by Crippen LogP contribution is -2.38. The molecule has 5 nitrogen and oxygen atoms in total. The fourth-order valence-electron chi connectivity index (χ4n) is 3.20. The molecule has 0 amide bonds. The summed E-state index contributed by atoms with van der Waals surface area (Å²) in [6, 6.07) is 16.6. The predicted octanol–water partition coefficient (Wildman–Crippen LogP) is 3.38. The van der Waals surface area contributed by atoms with Gasteiger partial charge >= 0.3 is 0 Å². The van der Waals surface area contributed by atoms with Crippen LogP contribution in [0.15, 0.2) is 53.5 Å². The molecule has 1 aliphatic rings. The van der Waals surface area contributed by atoms with Gasteiger partial charge in [0.1, 0.15) is 0 Å². The predicted molar refractivity (Wildman–Crippen MR) is 113 cm³/mol. The molecule has 0 aliphatic carbocycles. The molecule has 0 radical (unpaired) electrons. The Morgan fingerprint density at radius 1 is 1.15 bits per heavy atom. The molecule has 2 aromatic rings. The third kappa shape index (κ3) is 5.62. The molecule has 144 valence electrons. The zero-order valence-corrected chi connectivity index (χ0v) is 16.7. The molecule has 1 heterocycles. The van der Waals surface area contributed by atoms with Gasteiger partial charge in [-0.1, -0.05) is 35.9 Å². The van der Waals surface area contributed by atoms with Crippen LogP contribution in [0.1, 0.15) is 11.1 Å². The standard InChI is InChI=1S/C21H27ClN4O/c1-23-21(25(2)16-18-4-3-5-19(22)14-18)24-15-17-6-8-20(9-7-17)26-10-12-27-13-11-26/h3-9,14H,10-13,15-16H2,1-2H3,(H,23,24). The van der Waals surface area contributed by atoms with E-state index in [2.05, 4.69) is 50.4 Å². The van der Waals surface area contributed by atoms with Crippen LogP contribution in [0.3, 0.4) is 0 Å². The van der Waals surface area contributed by atoms with Crippen molar-refractivity contribution in [3.8, 4) is 0 Å². The van der Waals surface area contributed by atoms with E-state index in [1.54, 1.807) is 7.05 Å². The van der Waals surface area contributed by atoms with Crippen LogP contribution in [0.2, 0.25) is 5.02 Å². The second-order valence-corrected chi connectivity index (χ2v) is 7.09. The molecule has 0 aromatic heterocycles. The fraction of sp³-hybridized carbons (Fsp3) is 0.381. The minimum atomic E-state index is 0.732. The number of ether oxygens (including phenoxy) is 1. The van der Waals surface area contributed by atoms with E-state index in [0.717, 1.165) is 55.9 Å². The van der Waals surface area contributed by atoms with Gasteiger partial charge in [-0.25, -0.2) is 0 Å². The third-order valence-corrected chi connectivity index (χ3v) is 4.88. The number of hydrogen-bond donors (Lipinski definition) is 1. The highest BCUT2D eigenvalue weighted by Crippen LogP contribution is 2.17. The molecule has 2 aromatic carbocycles. The van der Waals surface area contributed by atoms with Gasteiger partial charge in [-0.3, -0.25) is 4.99 Å². The molecule has 3 rings (SSSR count). The first-order valence-electron chi connectivity index (χ1n) is 9.23. The summed E-state index contributed by atoms with van der Waals surface area (Å²) in [5.41, 5.74) is 3.64. The lowest BCUT2D eigenvalue weighted by molar-refractivity contribution is 0.122. The number of nitrogens with zero attached hydrogens (tertiary/aromatic N) is 3. The minimum absolute atomic E-state index is 0.732. The van der Waals surface area contributed by atoms with Crippen LogP contribution in [-0.2, 0) is 17.8 Å². The maximum atomic E-state index is 6.08. The van der Waals surface area contributed by atoms with E-state index in [1.807, 2.05) is 25.2 Å². The van der Waals surface area contributed by atoms with Crippen molar-refractivity contribution in [1.29, 1.82) is 0 Å². The average Bonchev–Trinajstić information content (AvgIpc) is 2.69. The first-order valence-corrected chi connectivity index (χ1v) is 9.61. The molecule has 0 spiro atoms. The second-order valence-electron chi connectivity index (χ2n) is 6.65. The molecule has 6 heteroatoms. The Labute approximate surface area is 166 Å². The van der Waals surface area contributed by atoms with Crippen LogP contribution in [0, 0.1) is 0 Å². The van der Waals surface area contributed by atoms with Crippen molar-refractivity contribution in [3.05, 3.63) is 64.7 Å². The molecule has 0 atom stereocenters. The van der Waals surface area contributed by atoms with Crippen molar-refractivity contribution in [1.82, 2.24) is 10.2 Å². The summed E-state index contributed by atoms with van der Waals surface area (Å²) in [4.78, 5) is 8.84. The summed E-state index contributed by atoms with van der Waals surface area (Å²) in [6.07, 6.45) is 0. The maximum absolute atomic E-state index is 6.08. The number of benzene rings is 2. The number of anilines is 1. The molecule has 1 aliphatic heterocycles. The van der Waals surface area contributed by atoms with Crippen molar-refractivity contribution in [2.24, 2.45) is 4.99 Å². The zero-order valence-electron chi connectivity index (χ0n) is 16.0. The van der Waals surface area contributed by atoms with Gasteiger partial charge in [0, 0.05) is 51.0 Å². The van der Waals surface area contributed by atoms with Gasteiger partial charge in [0.2, 0.25) is 0 Å². The Morgan fingerprint density at radius 2 is 1.89 bits per heavy atom. The fourth-order valence-corrected chi connectivity index (χ4v) is 3.41. The van der Waals surface area contributed by atoms with Crippen LogP contribution in [0.25, 0.3) is 0 Å². The van der Waals surface area contributed by atoms with E-state index < -0.39 is 0 Å². The largest absolute Gasteiger partial charge is 0.378 e. The Bertz CT molecular complexity index is 757. The van der Waals surface area contributed by atoms with Crippen LogP contribution < -0.4 is 10.2 Å². The van der Waals surface area contributed by atoms with Gasteiger partial charge in [0.15, 0.2) is 5.96 Å². The number of nitrogens with one attached hydrogen (secondary N) is 1. The number of guanidine groups is 1. The number of halogens is 1. The topological polar surface area (TPSA) is 40.1 Å². The van der Waals surface area contributed by atoms with Crippen molar-refractivity contribution < 1.29 is 4.74 Å². The average molecular weight is 387 g/mol. The lowest BCUT2D eigenvalue weighted by atomic mass is 10.2. The highest BCUT2D eigenvalue weighted by atomic mass is 35.5. The van der Waals surface area contributed by atoms with Crippen LogP contribution in [0.5, 0.6) is 0 Å². The summed E-state index contributed by atoms with van der Waals surface area (Å²) in [5, 5.41) is 4.18. The van der Waals surface area contributed by atoms with E-state index in [0.29, 0.717) is 0 Å². The monoisotopic (exact) mass is 386 g/mol. The first-order chi connectivity index (χ1) is 13.2. The van der Waals surface area contributed by atoms with Crippen molar-refractivity contribution in [3.63, 3.8) is 0 Å². The van der Waals surface area contributed by atoms with Gasteiger partial charge in [0.25, 0.3) is 0 Å². The number of hydrogen-bond acceptors (Lipinski definition) is 3. The quantitative estimate of drug-likeness (QED) is 0.631. The molecule has 27 heavy (non-hydrogen) atoms. The smallest absolute Gasteiger partial charge is 0.193 e. The first kappa shape index (κ1) is 19.5. The van der Waals surface area contributed by atoms with Gasteiger partial charge in [-0.2, -0.15) is 0 Å². The van der Waals surface area contributed by atoms with Gasteiger partial charge in [0.05, 0.1) is 13.2 Å². The second kappa shape index (κ2) is 9.62. The molecule has 0 unspecified atom stereocenters. The molecule has 0 saturated carbocycles. The molecule has 0 bridgehead atoms. The maximum Gasteiger partial charge on any atom is 0.193 e. The SMILES string of the molecule is CN=C(NCc1ccc(N2CCOCC2)cc1)N(C)Cc1cccc(Cl)c1. The Kier molecular flexibility index (Phi) is 6.96. The molecular weight excluding hydrogens is 360 g/mol. The summed E-state index contributed by atoms with van der Waals surface area (Å²) in [7, 11) is 3.83. The zero-order chi connectivity index (χ0) is 19.1.